The number of esters is 1. The van der Waals surface area contributed by atoms with Crippen LogP contribution in [0.15, 0.2) is 24.3 Å². The first-order valence-corrected chi connectivity index (χ1v) is 5.65. The van der Waals surface area contributed by atoms with Crippen LogP contribution in [0.1, 0.15) is 47.9 Å². The molecule has 1 aromatic carbocycles. The van der Waals surface area contributed by atoms with Crippen LogP contribution in [0.5, 0.6) is 0 Å². The Bertz CT molecular complexity index is 433. The Kier molecular flexibility index (Phi) is 4.05. The first-order chi connectivity index (χ1) is 7.92. The summed E-state index contributed by atoms with van der Waals surface area (Å²) in [7, 11) is 1.33. The fraction of sp³-hybridized carbons (Fsp3) is 0.429. The number of rotatable bonds is 4. The molecule has 0 fully saturated rings. The monoisotopic (exact) mass is 234 g/mol. The van der Waals surface area contributed by atoms with Crippen molar-refractivity contribution in [3.8, 4) is 0 Å². The number of hydrogen-bond donors (Lipinski definition) is 0. The van der Waals surface area contributed by atoms with Crippen LogP contribution >= 0.6 is 0 Å². The van der Waals surface area contributed by atoms with Crippen molar-refractivity contribution in [2.75, 3.05) is 7.11 Å². The molecular weight excluding hydrogens is 216 g/mol. The van der Waals surface area contributed by atoms with Crippen molar-refractivity contribution in [2.24, 2.45) is 5.41 Å². The quantitative estimate of drug-likeness (QED) is 0.594. The van der Waals surface area contributed by atoms with Crippen LogP contribution in [-0.4, -0.2) is 18.9 Å². The highest BCUT2D eigenvalue weighted by Gasteiger charge is 2.26. The molecule has 0 amide bonds. The highest BCUT2D eigenvalue weighted by molar-refractivity contribution is 6.02. The van der Waals surface area contributed by atoms with E-state index in [1.807, 2.05) is 20.8 Å². The average Bonchev–Trinajstić information content (AvgIpc) is 2.36. The Morgan fingerprint density at radius 1 is 1.24 bits per heavy atom. The molecule has 0 aromatic heterocycles. The minimum absolute atomic E-state index is 0.0470. The molecule has 0 N–H and O–H groups in total. The number of ketones is 1. The Labute approximate surface area is 102 Å². The minimum Gasteiger partial charge on any atom is -0.465 e. The van der Waals surface area contributed by atoms with Gasteiger partial charge in [0.05, 0.1) is 12.7 Å². The second-order valence-electron chi connectivity index (χ2n) is 4.64. The molecule has 1 rings (SSSR count). The van der Waals surface area contributed by atoms with Gasteiger partial charge in [-0.25, -0.2) is 4.79 Å². The molecule has 3 nitrogen and oxygen atoms in total. The van der Waals surface area contributed by atoms with Gasteiger partial charge in [0.25, 0.3) is 0 Å². The highest BCUT2D eigenvalue weighted by Crippen LogP contribution is 2.25. The van der Waals surface area contributed by atoms with Crippen molar-refractivity contribution < 1.29 is 14.3 Å². The van der Waals surface area contributed by atoms with Crippen molar-refractivity contribution in [2.45, 2.75) is 27.2 Å². The van der Waals surface area contributed by atoms with Crippen LogP contribution in [0, 0.1) is 5.41 Å². The van der Waals surface area contributed by atoms with E-state index in [4.69, 9.17) is 0 Å². The van der Waals surface area contributed by atoms with Crippen molar-refractivity contribution in [3.05, 3.63) is 35.4 Å². The van der Waals surface area contributed by atoms with Gasteiger partial charge >= 0.3 is 5.97 Å². The minimum atomic E-state index is -0.422. The molecule has 17 heavy (non-hydrogen) atoms. The van der Waals surface area contributed by atoms with Gasteiger partial charge in [-0.15, -0.1) is 0 Å². The molecule has 1 aromatic rings. The zero-order valence-corrected chi connectivity index (χ0v) is 10.7. The molecule has 0 heterocycles. The summed E-state index contributed by atoms with van der Waals surface area (Å²) in [4.78, 5) is 23.6. The third-order valence-corrected chi connectivity index (χ3v) is 3.04. The Balaban J connectivity index is 3.08. The van der Waals surface area contributed by atoms with Gasteiger partial charge < -0.3 is 4.74 Å². The summed E-state index contributed by atoms with van der Waals surface area (Å²) in [5.74, 6) is -0.375. The van der Waals surface area contributed by atoms with E-state index in [2.05, 4.69) is 4.74 Å². The summed E-state index contributed by atoms with van der Waals surface area (Å²) < 4.78 is 4.63. The largest absolute Gasteiger partial charge is 0.465 e. The number of carbonyl (C=O) groups is 2. The van der Waals surface area contributed by atoms with Crippen LogP contribution in [0.3, 0.4) is 0 Å². The van der Waals surface area contributed by atoms with Gasteiger partial charge in [0.1, 0.15) is 0 Å². The molecule has 0 aliphatic heterocycles. The van der Waals surface area contributed by atoms with Gasteiger partial charge in [0.15, 0.2) is 5.78 Å². The molecule has 0 spiro atoms. The zero-order chi connectivity index (χ0) is 13.1. The number of benzene rings is 1. The average molecular weight is 234 g/mol. The fourth-order valence-electron chi connectivity index (χ4n) is 1.46. The molecule has 0 saturated heterocycles. The summed E-state index contributed by atoms with van der Waals surface area (Å²) in [5, 5.41) is 0. The maximum Gasteiger partial charge on any atom is 0.337 e. The van der Waals surface area contributed by atoms with E-state index in [1.165, 1.54) is 7.11 Å². The number of hydrogen-bond acceptors (Lipinski definition) is 3. The highest BCUT2D eigenvalue weighted by atomic mass is 16.5. The molecule has 0 aliphatic rings. The molecule has 0 radical (unpaired) electrons. The Morgan fingerprint density at radius 3 is 2.35 bits per heavy atom. The Morgan fingerprint density at radius 2 is 1.82 bits per heavy atom. The number of Topliss-reactive ketones (excluding diaryl/α,β-unsaturated/α-hetero) is 1. The van der Waals surface area contributed by atoms with E-state index >= 15 is 0 Å². The summed E-state index contributed by atoms with van der Waals surface area (Å²) >= 11 is 0. The zero-order valence-electron chi connectivity index (χ0n) is 10.7. The van der Waals surface area contributed by atoms with Crippen molar-refractivity contribution in [1.82, 2.24) is 0 Å². The van der Waals surface area contributed by atoms with Crippen LogP contribution in [0.25, 0.3) is 0 Å². The van der Waals surface area contributed by atoms with E-state index < -0.39 is 11.4 Å². The lowest BCUT2D eigenvalue weighted by Crippen LogP contribution is -2.23. The van der Waals surface area contributed by atoms with Gasteiger partial charge in [-0.05, 0) is 18.6 Å². The van der Waals surface area contributed by atoms with E-state index in [0.717, 1.165) is 6.42 Å². The van der Waals surface area contributed by atoms with E-state index in [-0.39, 0.29) is 5.78 Å². The summed E-state index contributed by atoms with van der Waals surface area (Å²) in [6, 6.07) is 6.66. The van der Waals surface area contributed by atoms with Gasteiger partial charge in [-0.3, -0.25) is 4.79 Å². The van der Waals surface area contributed by atoms with Crippen LogP contribution in [-0.2, 0) is 4.74 Å². The molecule has 0 unspecified atom stereocenters. The molecule has 0 aliphatic carbocycles. The van der Waals surface area contributed by atoms with Crippen LogP contribution < -0.4 is 0 Å². The van der Waals surface area contributed by atoms with Gasteiger partial charge in [-0.2, -0.15) is 0 Å². The molecule has 0 atom stereocenters. The first kappa shape index (κ1) is 13.4. The lowest BCUT2D eigenvalue weighted by molar-refractivity contribution is 0.0600. The summed E-state index contributed by atoms with van der Waals surface area (Å²) in [6.45, 7) is 5.78. The molecular formula is C14H18O3. The van der Waals surface area contributed by atoms with Crippen LogP contribution in [0.2, 0.25) is 0 Å². The number of ether oxygens (including phenoxy) is 1. The first-order valence-electron chi connectivity index (χ1n) is 5.65. The van der Waals surface area contributed by atoms with Crippen molar-refractivity contribution in [3.63, 3.8) is 0 Å². The second-order valence-corrected chi connectivity index (χ2v) is 4.64. The van der Waals surface area contributed by atoms with E-state index in [1.54, 1.807) is 24.3 Å². The topological polar surface area (TPSA) is 43.4 Å². The lowest BCUT2D eigenvalue weighted by atomic mass is 9.82. The standard InChI is InChI=1S/C14H18O3/c1-5-14(2,3)12(15)10-7-6-8-11(9-10)13(16)17-4/h6-9H,5H2,1-4H3. The van der Waals surface area contributed by atoms with Gasteiger partial charge in [-0.1, -0.05) is 32.9 Å². The summed E-state index contributed by atoms with van der Waals surface area (Å²) in [5.41, 5.74) is 0.555. The van der Waals surface area contributed by atoms with Crippen LogP contribution in [0.4, 0.5) is 0 Å². The number of carbonyl (C=O) groups excluding carboxylic acids is 2. The fourth-order valence-corrected chi connectivity index (χ4v) is 1.46. The van der Waals surface area contributed by atoms with Crippen molar-refractivity contribution >= 4 is 11.8 Å². The normalized spacial score (nSPS) is 11.1. The maximum atomic E-state index is 12.2. The predicted octanol–water partition coefficient (Wildman–Crippen LogP) is 3.09. The van der Waals surface area contributed by atoms with Crippen molar-refractivity contribution in [1.29, 1.82) is 0 Å². The molecule has 0 bridgehead atoms. The SMILES string of the molecule is CCC(C)(C)C(=O)c1cccc(C(=O)OC)c1. The predicted molar refractivity (Wildman–Crippen MR) is 66.2 cm³/mol. The maximum absolute atomic E-state index is 12.2. The molecule has 0 saturated carbocycles. The van der Waals surface area contributed by atoms with E-state index in [0.29, 0.717) is 11.1 Å². The Hall–Kier alpha value is -1.64. The third kappa shape index (κ3) is 2.93. The van der Waals surface area contributed by atoms with Gasteiger partial charge in [0.2, 0.25) is 0 Å². The smallest absolute Gasteiger partial charge is 0.337 e. The van der Waals surface area contributed by atoms with E-state index in [9.17, 15) is 9.59 Å². The number of methoxy groups -OCH3 is 1. The molecule has 3 heteroatoms. The summed E-state index contributed by atoms with van der Waals surface area (Å²) in [6.07, 6.45) is 0.758. The molecule has 92 valence electrons. The lowest BCUT2D eigenvalue weighted by Gasteiger charge is -2.20. The van der Waals surface area contributed by atoms with Gasteiger partial charge in [0, 0.05) is 11.0 Å². The second kappa shape index (κ2) is 5.13. The third-order valence-electron chi connectivity index (χ3n) is 3.04.